The van der Waals surface area contributed by atoms with Crippen molar-refractivity contribution in [3.8, 4) is 0 Å². The molecule has 0 aromatic heterocycles. The number of hydrogen-bond donors (Lipinski definition) is 1. The molecule has 0 aliphatic rings. The van der Waals surface area contributed by atoms with E-state index < -0.39 is 28.5 Å². The molecular formula is C32H41N3O4S. The summed E-state index contributed by atoms with van der Waals surface area (Å²) >= 11 is 0. The van der Waals surface area contributed by atoms with Gasteiger partial charge in [0.25, 0.3) is 10.0 Å². The molecule has 3 aromatic carbocycles. The lowest BCUT2D eigenvalue weighted by atomic mass is 10.1. The minimum Gasteiger partial charge on any atom is -0.354 e. The van der Waals surface area contributed by atoms with Crippen LogP contribution in [0.15, 0.2) is 77.7 Å². The molecule has 0 saturated carbocycles. The number of benzene rings is 3. The van der Waals surface area contributed by atoms with Gasteiger partial charge in [0.05, 0.1) is 10.6 Å². The number of rotatable bonds is 13. The summed E-state index contributed by atoms with van der Waals surface area (Å²) in [4.78, 5) is 29.1. The Bertz CT molecular complexity index is 1410. The second-order valence-electron chi connectivity index (χ2n) is 10.1. The molecule has 8 heteroatoms. The molecule has 0 fully saturated rings. The Balaban J connectivity index is 2.06. The summed E-state index contributed by atoms with van der Waals surface area (Å²) in [6, 6.07) is 20.4. The van der Waals surface area contributed by atoms with E-state index in [2.05, 4.69) is 5.32 Å². The van der Waals surface area contributed by atoms with Gasteiger partial charge in [-0.25, -0.2) is 8.42 Å². The first kappa shape index (κ1) is 30.9. The fourth-order valence-corrected chi connectivity index (χ4v) is 5.95. The lowest BCUT2D eigenvalue weighted by Crippen LogP contribution is -2.52. The van der Waals surface area contributed by atoms with Gasteiger partial charge in [-0.15, -0.1) is 0 Å². The first-order valence-corrected chi connectivity index (χ1v) is 15.3. The van der Waals surface area contributed by atoms with E-state index in [0.29, 0.717) is 18.7 Å². The Kier molecular flexibility index (Phi) is 10.9. The van der Waals surface area contributed by atoms with Crippen LogP contribution in [-0.4, -0.2) is 44.3 Å². The molecule has 0 bridgehead atoms. The number of nitrogens with one attached hydrogen (secondary N) is 1. The monoisotopic (exact) mass is 563 g/mol. The summed E-state index contributed by atoms with van der Waals surface area (Å²) in [5.41, 5.74) is 4.22. The maximum absolute atomic E-state index is 14.1. The lowest BCUT2D eigenvalue weighted by Gasteiger charge is -2.33. The molecule has 1 N–H and O–H groups in total. The summed E-state index contributed by atoms with van der Waals surface area (Å²) in [7, 11) is -4.08. The molecule has 7 nitrogen and oxygen atoms in total. The van der Waals surface area contributed by atoms with Gasteiger partial charge in [-0.3, -0.25) is 13.9 Å². The van der Waals surface area contributed by atoms with Gasteiger partial charge in [-0.1, -0.05) is 68.8 Å². The number of carbonyl (C=O) groups excluding carboxylic acids is 2. The van der Waals surface area contributed by atoms with E-state index in [0.717, 1.165) is 39.4 Å². The maximum Gasteiger partial charge on any atom is 0.264 e. The van der Waals surface area contributed by atoms with Gasteiger partial charge >= 0.3 is 0 Å². The molecule has 214 valence electrons. The highest BCUT2D eigenvalue weighted by molar-refractivity contribution is 7.92. The van der Waals surface area contributed by atoms with Crippen LogP contribution in [0.2, 0.25) is 0 Å². The zero-order valence-corrected chi connectivity index (χ0v) is 25.0. The summed E-state index contributed by atoms with van der Waals surface area (Å²) in [5.74, 6) is -0.681. The summed E-state index contributed by atoms with van der Waals surface area (Å²) < 4.78 is 29.0. The van der Waals surface area contributed by atoms with Crippen molar-refractivity contribution >= 4 is 27.5 Å². The predicted octanol–water partition coefficient (Wildman–Crippen LogP) is 5.53. The normalized spacial score (nSPS) is 12.0. The number of sulfonamides is 1. The third kappa shape index (κ3) is 7.50. The third-order valence-electron chi connectivity index (χ3n) is 7.21. The van der Waals surface area contributed by atoms with Crippen LogP contribution in [0.4, 0.5) is 5.69 Å². The second-order valence-corrected chi connectivity index (χ2v) is 12.0. The Morgan fingerprint density at radius 3 is 2.15 bits per heavy atom. The van der Waals surface area contributed by atoms with Gasteiger partial charge in [0.2, 0.25) is 11.8 Å². The zero-order chi connectivity index (χ0) is 29.3. The minimum atomic E-state index is -4.08. The Morgan fingerprint density at radius 1 is 0.850 bits per heavy atom. The largest absolute Gasteiger partial charge is 0.354 e. The van der Waals surface area contributed by atoms with Gasteiger partial charge in [-0.05, 0) is 80.1 Å². The van der Waals surface area contributed by atoms with Crippen molar-refractivity contribution in [2.45, 2.75) is 71.4 Å². The van der Waals surface area contributed by atoms with E-state index in [9.17, 15) is 18.0 Å². The smallest absolute Gasteiger partial charge is 0.264 e. The molecule has 1 unspecified atom stereocenters. The molecular weight excluding hydrogens is 522 g/mol. The second kappa shape index (κ2) is 14.1. The summed E-state index contributed by atoms with van der Waals surface area (Å²) in [5, 5.41) is 2.96. The average molecular weight is 564 g/mol. The Hall–Kier alpha value is -3.65. The van der Waals surface area contributed by atoms with Crippen LogP contribution < -0.4 is 9.62 Å². The zero-order valence-electron chi connectivity index (χ0n) is 24.2. The maximum atomic E-state index is 14.1. The average Bonchev–Trinajstić information content (AvgIpc) is 2.94. The van der Waals surface area contributed by atoms with Crippen molar-refractivity contribution in [2.75, 3.05) is 17.4 Å². The molecule has 0 heterocycles. The number of unbranched alkanes of at least 4 members (excludes halogenated alkanes) is 1. The van der Waals surface area contributed by atoms with Crippen molar-refractivity contribution in [2.24, 2.45) is 0 Å². The highest BCUT2D eigenvalue weighted by Gasteiger charge is 2.33. The number of carbonyl (C=O) groups is 2. The molecule has 3 rings (SSSR count). The van der Waals surface area contributed by atoms with Gasteiger partial charge in [0.1, 0.15) is 12.6 Å². The van der Waals surface area contributed by atoms with Gasteiger partial charge in [-0.2, -0.15) is 0 Å². The van der Waals surface area contributed by atoms with Crippen molar-refractivity contribution in [3.05, 3.63) is 95.1 Å². The molecule has 2 amide bonds. The summed E-state index contributed by atoms with van der Waals surface area (Å²) in [6.45, 7) is 10.0. The van der Waals surface area contributed by atoms with E-state index in [1.807, 2.05) is 65.0 Å². The molecule has 40 heavy (non-hydrogen) atoms. The van der Waals surface area contributed by atoms with E-state index in [-0.39, 0.29) is 17.3 Å². The minimum absolute atomic E-state index is 0.0934. The molecule has 0 aliphatic carbocycles. The quantitative estimate of drug-likeness (QED) is 0.277. The number of hydrogen-bond acceptors (Lipinski definition) is 4. The van der Waals surface area contributed by atoms with Crippen LogP contribution in [0.5, 0.6) is 0 Å². The van der Waals surface area contributed by atoms with Crippen molar-refractivity contribution in [1.82, 2.24) is 10.2 Å². The molecule has 0 saturated heterocycles. The molecule has 1 atom stereocenters. The van der Waals surface area contributed by atoms with Crippen molar-refractivity contribution in [3.63, 3.8) is 0 Å². The van der Waals surface area contributed by atoms with E-state index in [1.165, 1.54) is 17.0 Å². The number of nitrogens with zero attached hydrogens (tertiary/aromatic N) is 2. The highest BCUT2D eigenvalue weighted by Crippen LogP contribution is 2.27. The first-order chi connectivity index (χ1) is 19.1. The van der Waals surface area contributed by atoms with Crippen LogP contribution in [0.25, 0.3) is 0 Å². The van der Waals surface area contributed by atoms with Crippen molar-refractivity contribution in [1.29, 1.82) is 0 Å². The molecule has 0 aliphatic heterocycles. The van der Waals surface area contributed by atoms with Crippen LogP contribution >= 0.6 is 0 Å². The molecule has 3 aromatic rings. The SMILES string of the molecule is CCCCNC(=O)C(CC)N(Cc1ccccc1C)C(=O)CN(c1ccc(C)c(C)c1)S(=O)(=O)c1ccccc1. The van der Waals surface area contributed by atoms with Gasteiger partial charge < -0.3 is 10.2 Å². The fourth-order valence-electron chi connectivity index (χ4n) is 4.53. The first-order valence-electron chi connectivity index (χ1n) is 13.9. The van der Waals surface area contributed by atoms with E-state index in [4.69, 9.17) is 0 Å². The fraction of sp³-hybridized carbons (Fsp3) is 0.375. The highest BCUT2D eigenvalue weighted by atomic mass is 32.2. The topological polar surface area (TPSA) is 86.8 Å². The van der Waals surface area contributed by atoms with Crippen molar-refractivity contribution < 1.29 is 18.0 Å². The summed E-state index contributed by atoms with van der Waals surface area (Å²) in [6.07, 6.45) is 2.17. The van der Waals surface area contributed by atoms with Crippen LogP contribution in [0.1, 0.15) is 55.4 Å². The van der Waals surface area contributed by atoms with Crippen LogP contribution in [0.3, 0.4) is 0 Å². The lowest BCUT2D eigenvalue weighted by molar-refractivity contribution is -0.140. The standard InChI is InChI=1S/C32H41N3O4S/c1-6-8-20-33-32(37)30(7-2)34(22-27-15-13-12-14-25(27)4)31(36)23-35(28-19-18-24(3)26(5)21-28)40(38,39)29-16-10-9-11-17-29/h9-19,21,30H,6-8,20,22-23H2,1-5H3,(H,33,37). The van der Waals surface area contributed by atoms with E-state index in [1.54, 1.807) is 30.3 Å². The van der Waals surface area contributed by atoms with Crippen LogP contribution in [-0.2, 0) is 26.2 Å². The number of anilines is 1. The third-order valence-corrected chi connectivity index (χ3v) is 8.99. The Labute approximate surface area is 239 Å². The van der Waals surface area contributed by atoms with E-state index >= 15 is 0 Å². The molecule has 0 spiro atoms. The number of aryl methyl sites for hydroxylation is 3. The van der Waals surface area contributed by atoms with Crippen LogP contribution in [0, 0.1) is 20.8 Å². The molecule has 0 radical (unpaired) electrons. The van der Waals surface area contributed by atoms with Gasteiger partial charge in [0, 0.05) is 13.1 Å². The van der Waals surface area contributed by atoms with Gasteiger partial charge in [0.15, 0.2) is 0 Å². The number of amides is 2. The predicted molar refractivity (Wildman–Crippen MR) is 161 cm³/mol. The Morgan fingerprint density at radius 2 is 1.52 bits per heavy atom.